The fraction of sp³-hybridized carbons (Fsp3) is 0.222. The van der Waals surface area contributed by atoms with Crippen molar-refractivity contribution in [1.82, 2.24) is 9.38 Å². The van der Waals surface area contributed by atoms with Crippen molar-refractivity contribution in [3.8, 4) is 0 Å². The van der Waals surface area contributed by atoms with Crippen LogP contribution in [0, 0.1) is 17.0 Å². The van der Waals surface area contributed by atoms with Gasteiger partial charge >= 0.3 is 0 Å². The maximum atomic E-state index is 12.9. The SMILES string of the molecule is CCCc1nc2ccc(Cl)cn2c1C(=O)Nc1cc([N+](=O)[O-])ccc1C. The summed E-state index contributed by atoms with van der Waals surface area (Å²) in [5.41, 5.74) is 2.71. The molecule has 0 aliphatic rings. The van der Waals surface area contributed by atoms with Gasteiger partial charge in [0, 0.05) is 18.3 Å². The molecule has 2 aromatic heterocycles. The fourth-order valence-electron chi connectivity index (χ4n) is 2.76. The second-order valence-electron chi connectivity index (χ2n) is 5.94. The number of nitro benzene ring substituents is 1. The van der Waals surface area contributed by atoms with Crippen molar-refractivity contribution in [3.05, 3.63) is 68.6 Å². The van der Waals surface area contributed by atoms with Gasteiger partial charge in [-0.3, -0.25) is 19.3 Å². The first kappa shape index (κ1) is 17.9. The van der Waals surface area contributed by atoms with Gasteiger partial charge in [0.05, 0.1) is 21.3 Å². The van der Waals surface area contributed by atoms with Gasteiger partial charge in [0.2, 0.25) is 0 Å². The Morgan fingerprint density at radius 2 is 2.12 bits per heavy atom. The van der Waals surface area contributed by atoms with Gasteiger partial charge in [-0.15, -0.1) is 0 Å². The topological polar surface area (TPSA) is 89.5 Å². The summed E-state index contributed by atoms with van der Waals surface area (Å²) in [6, 6.07) is 7.82. The molecule has 2 heterocycles. The number of hydrogen-bond donors (Lipinski definition) is 1. The maximum absolute atomic E-state index is 12.9. The first-order valence-electron chi connectivity index (χ1n) is 8.13. The Morgan fingerprint density at radius 3 is 2.81 bits per heavy atom. The van der Waals surface area contributed by atoms with Gasteiger partial charge in [0.1, 0.15) is 11.3 Å². The van der Waals surface area contributed by atoms with Gasteiger partial charge in [0.25, 0.3) is 11.6 Å². The standard InChI is InChI=1S/C18H17ClN4O3/c1-3-4-14-17(22-10-12(19)6-8-16(22)20-14)18(24)21-15-9-13(23(25)26)7-5-11(15)2/h5-10H,3-4H2,1-2H3,(H,21,24). The molecule has 0 unspecified atom stereocenters. The number of aryl methyl sites for hydroxylation is 2. The number of imidazole rings is 1. The number of benzene rings is 1. The van der Waals surface area contributed by atoms with Crippen LogP contribution in [0.15, 0.2) is 36.5 Å². The number of aromatic nitrogens is 2. The van der Waals surface area contributed by atoms with Crippen molar-refractivity contribution in [2.75, 3.05) is 5.32 Å². The predicted molar refractivity (Wildman–Crippen MR) is 100.0 cm³/mol. The average Bonchev–Trinajstić information content (AvgIpc) is 2.94. The highest BCUT2D eigenvalue weighted by molar-refractivity contribution is 6.30. The Kier molecular flexibility index (Phi) is 4.90. The summed E-state index contributed by atoms with van der Waals surface area (Å²) in [6.07, 6.45) is 3.10. The van der Waals surface area contributed by atoms with Gasteiger partial charge in [-0.1, -0.05) is 31.0 Å². The van der Waals surface area contributed by atoms with Crippen molar-refractivity contribution in [1.29, 1.82) is 0 Å². The number of hydrogen-bond acceptors (Lipinski definition) is 4. The molecule has 0 atom stereocenters. The number of carbonyl (C=O) groups is 1. The highest BCUT2D eigenvalue weighted by Crippen LogP contribution is 2.24. The van der Waals surface area contributed by atoms with Gasteiger partial charge in [-0.25, -0.2) is 4.98 Å². The second-order valence-corrected chi connectivity index (χ2v) is 6.38. The van der Waals surface area contributed by atoms with Crippen molar-refractivity contribution >= 4 is 34.5 Å². The molecule has 0 radical (unpaired) electrons. The van der Waals surface area contributed by atoms with E-state index in [1.807, 2.05) is 6.92 Å². The smallest absolute Gasteiger partial charge is 0.274 e. The van der Waals surface area contributed by atoms with Crippen molar-refractivity contribution in [3.63, 3.8) is 0 Å². The van der Waals surface area contributed by atoms with Crippen molar-refractivity contribution < 1.29 is 9.72 Å². The lowest BCUT2D eigenvalue weighted by atomic mass is 10.1. The molecule has 3 rings (SSSR count). The molecule has 0 aliphatic heterocycles. The largest absolute Gasteiger partial charge is 0.320 e. The quantitative estimate of drug-likeness (QED) is 0.530. The number of pyridine rings is 1. The van der Waals surface area contributed by atoms with Crippen LogP contribution in [0.4, 0.5) is 11.4 Å². The maximum Gasteiger partial charge on any atom is 0.274 e. The molecule has 0 spiro atoms. The third kappa shape index (κ3) is 3.39. The Morgan fingerprint density at radius 1 is 1.35 bits per heavy atom. The number of nitrogens with zero attached hydrogens (tertiary/aromatic N) is 3. The van der Waals surface area contributed by atoms with Crippen molar-refractivity contribution in [2.24, 2.45) is 0 Å². The van der Waals surface area contributed by atoms with E-state index >= 15 is 0 Å². The highest BCUT2D eigenvalue weighted by atomic mass is 35.5. The summed E-state index contributed by atoms with van der Waals surface area (Å²) in [4.78, 5) is 28.0. The predicted octanol–water partition coefficient (Wildman–Crippen LogP) is 4.41. The molecule has 0 bridgehead atoms. The van der Waals surface area contributed by atoms with E-state index in [4.69, 9.17) is 11.6 Å². The first-order chi connectivity index (χ1) is 12.4. The van der Waals surface area contributed by atoms with E-state index in [0.717, 1.165) is 12.0 Å². The molecule has 0 aliphatic carbocycles. The first-order valence-corrected chi connectivity index (χ1v) is 8.51. The molecule has 3 aromatic rings. The Bertz CT molecular complexity index is 1010. The number of non-ortho nitro benzene ring substituents is 1. The summed E-state index contributed by atoms with van der Waals surface area (Å²) in [5.74, 6) is -0.383. The fourth-order valence-corrected chi connectivity index (χ4v) is 2.92. The zero-order valence-corrected chi connectivity index (χ0v) is 15.1. The molecule has 134 valence electrons. The van der Waals surface area contributed by atoms with Crippen LogP contribution in [0.1, 0.15) is 35.1 Å². The minimum absolute atomic E-state index is 0.0825. The number of halogens is 1. The Labute approximate surface area is 154 Å². The van der Waals surface area contributed by atoms with Crippen LogP contribution in [0.25, 0.3) is 5.65 Å². The number of anilines is 1. The number of nitro groups is 1. The van der Waals surface area contributed by atoms with E-state index in [0.29, 0.717) is 34.2 Å². The van der Waals surface area contributed by atoms with Crippen LogP contribution in [0.3, 0.4) is 0 Å². The van der Waals surface area contributed by atoms with Crippen LogP contribution < -0.4 is 5.32 Å². The molecular weight excluding hydrogens is 356 g/mol. The third-order valence-corrected chi connectivity index (χ3v) is 4.26. The third-order valence-electron chi connectivity index (χ3n) is 4.04. The summed E-state index contributed by atoms with van der Waals surface area (Å²) < 4.78 is 1.65. The summed E-state index contributed by atoms with van der Waals surface area (Å²) in [7, 11) is 0. The van der Waals surface area contributed by atoms with E-state index in [1.165, 1.54) is 12.1 Å². The van der Waals surface area contributed by atoms with Crippen LogP contribution in [0.5, 0.6) is 0 Å². The summed E-state index contributed by atoms with van der Waals surface area (Å²) >= 11 is 6.07. The second kappa shape index (κ2) is 7.13. The molecule has 7 nitrogen and oxygen atoms in total. The van der Waals surface area contributed by atoms with Crippen LogP contribution >= 0.6 is 11.6 Å². The van der Waals surface area contributed by atoms with E-state index in [1.54, 1.807) is 35.7 Å². The van der Waals surface area contributed by atoms with Crippen LogP contribution in [0.2, 0.25) is 5.02 Å². The van der Waals surface area contributed by atoms with Gasteiger partial charge in [-0.05, 0) is 31.0 Å². The lowest BCUT2D eigenvalue weighted by Gasteiger charge is -2.09. The molecule has 0 saturated heterocycles. The summed E-state index contributed by atoms with van der Waals surface area (Å²) in [5, 5.41) is 14.3. The van der Waals surface area contributed by atoms with Gasteiger partial charge in [0.15, 0.2) is 0 Å². The monoisotopic (exact) mass is 372 g/mol. The van der Waals surface area contributed by atoms with E-state index in [9.17, 15) is 14.9 Å². The highest BCUT2D eigenvalue weighted by Gasteiger charge is 2.20. The minimum atomic E-state index is -0.494. The molecule has 1 amide bonds. The average molecular weight is 373 g/mol. The minimum Gasteiger partial charge on any atom is -0.320 e. The number of fused-ring (bicyclic) bond motifs is 1. The summed E-state index contributed by atoms with van der Waals surface area (Å²) in [6.45, 7) is 3.78. The zero-order chi connectivity index (χ0) is 18.8. The number of nitrogens with one attached hydrogen (secondary N) is 1. The molecule has 1 N–H and O–H groups in total. The molecule has 0 fully saturated rings. The Hall–Kier alpha value is -2.93. The van der Waals surface area contributed by atoms with Gasteiger partial charge in [-0.2, -0.15) is 0 Å². The molecular formula is C18H17ClN4O3. The van der Waals surface area contributed by atoms with Crippen LogP contribution in [-0.4, -0.2) is 20.2 Å². The van der Waals surface area contributed by atoms with E-state index in [-0.39, 0.29) is 11.6 Å². The van der Waals surface area contributed by atoms with E-state index in [2.05, 4.69) is 10.3 Å². The number of carbonyl (C=O) groups excluding carboxylic acids is 1. The van der Waals surface area contributed by atoms with Crippen LogP contribution in [-0.2, 0) is 6.42 Å². The number of amides is 1. The number of rotatable bonds is 5. The molecule has 26 heavy (non-hydrogen) atoms. The molecule has 8 heteroatoms. The van der Waals surface area contributed by atoms with Crippen molar-refractivity contribution in [2.45, 2.75) is 26.7 Å². The zero-order valence-electron chi connectivity index (χ0n) is 14.3. The van der Waals surface area contributed by atoms with Gasteiger partial charge < -0.3 is 5.32 Å². The lowest BCUT2D eigenvalue weighted by molar-refractivity contribution is -0.384. The Balaban J connectivity index is 2.05. The molecule has 0 saturated carbocycles. The lowest BCUT2D eigenvalue weighted by Crippen LogP contribution is -2.17. The molecule has 1 aromatic carbocycles. The normalized spacial score (nSPS) is 10.9. The van der Waals surface area contributed by atoms with E-state index < -0.39 is 4.92 Å².